The summed E-state index contributed by atoms with van der Waals surface area (Å²) in [6, 6.07) is 5.05. The smallest absolute Gasteiger partial charge is 0.246 e. The SMILES string of the molecule is C[C@H](NC(=O)C12CC3CC(CC(C3)C1)C2)C(=O)Nc1cccc(S(N)(=O)=O)c1. The third-order valence-corrected chi connectivity index (χ3v) is 7.60. The van der Waals surface area contributed by atoms with E-state index in [1.807, 2.05) is 0 Å². The van der Waals surface area contributed by atoms with Crippen molar-refractivity contribution in [2.45, 2.75) is 56.4 Å². The van der Waals surface area contributed by atoms with Gasteiger partial charge in [-0.3, -0.25) is 9.59 Å². The maximum absolute atomic E-state index is 13.1. The topological polar surface area (TPSA) is 118 Å². The van der Waals surface area contributed by atoms with Gasteiger partial charge in [0.1, 0.15) is 6.04 Å². The zero-order chi connectivity index (χ0) is 20.1. The van der Waals surface area contributed by atoms with Crippen molar-refractivity contribution in [1.29, 1.82) is 0 Å². The van der Waals surface area contributed by atoms with Crippen molar-refractivity contribution in [3.63, 3.8) is 0 Å². The summed E-state index contributed by atoms with van der Waals surface area (Å²) < 4.78 is 22.9. The summed E-state index contributed by atoms with van der Waals surface area (Å²) in [7, 11) is -3.85. The first-order valence-corrected chi connectivity index (χ1v) is 11.4. The van der Waals surface area contributed by atoms with Crippen LogP contribution in [0.4, 0.5) is 5.69 Å². The Hall–Kier alpha value is -1.93. The van der Waals surface area contributed by atoms with Crippen LogP contribution >= 0.6 is 0 Å². The standard InChI is InChI=1S/C20H27N3O4S/c1-12(18(24)23-16-3-2-4-17(8-16)28(21,26)27)22-19(25)20-9-13-5-14(10-20)7-15(6-13)11-20/h2-4,8,12-15H,5-7,9-11H2,1H3,(H,22,25)(H,23,24)(H2,21,26,27)/t12-,13?,14?,15?,20?/m0/s1. The summed E-state index contributed by atoms with van der Waals surface area (Å²) in [5.41, 5.74) is 0.0176. The Morgan fingerprint density at radius 1 is 1.11 bits per heavy atom. The van der Waals surface area contributed by atoms with E-state index in [0.29, 0.717) is 23.4 Å². The van der Waals surface area contributed by atoms with Crippen LogP contribution in [0.5, 0.6) is 0 Å². The van der Waals surface area contributed by atoms with E-state index in [1.165, 1.54) is 37.5 Å². The zero-order valence-corrected chi connectivity index (χ0v) is 16.8. The van der Waals surface area contributed by atoms with Crippen LogP contribution in [0.15, 0.2) is 29.2 Å². The highest BCUT2D eigenvalue weighted by Crippen LogP contribution is 2.60. The number of carbonyl (C=O) groups is 2. The van der Waals surface area contributed by atoms with E-state index in [2.05, 4.69) is 10.6 Å². The summed E-state index contributed by atoms with van der Waals surface area (Å²) in [6.45, 7) is 1.65. The highest BCUT2D eigenvalue weighted by molar-refractivity contribution is 7.89. The fourth-order valence-corrected chi connectivity index (χ4v) is 6.36. The molecule has 7 nitrogen and oxygen atoms in total. The number of carbonyl (C=O) groups excluding carboxylic acids is 2. The van der Waals surface area contributed by atoms with Crippen LogP contribution in [0.25, 0.3) is 0 Å². The lowest BCUT2D eigenvalue weighted by atomic mass is 9.49. The van der Waals surface area contributed by atoms with Crippen LogP contribution in [-0.2, 0) is 19.6 Å². The highest BCUT2D eigenvalue weighted by Gasteiger charge is 2.54. The van der Waals surface area contributed by atoms with Gasteiger partial charge in [0, 0.05) is 11.1 Å². The van der Waals surface area contributed by atoms with Gasteiger partial charge < -0.3 is 10.6 Å². The lowest BCUT2D eigenvalue weighted by Crippen LogP contribution is -2.56. The number of anilines is 1. The van der Waals surface area contributed by atoms with Crippen LogP contribution in [0, 0.1) is 23.2 Å². The van der Waals surface area contributed by atoms with Gasteiger partial charge in [0.2, 0.25) is 21.8 Å². The zero-order valence-electron chi connectivity index (χ0n) is 16.0. The monoisotopic (exact) mass is 405 g/mol. The van der Waals surface area contributed by atoms with Gasteiger partial charge in [-0.25, -0.2) is 13.6 Å². The molecule has 28 heavy (non-hydrogen) atoms. The second-order valence-electron chi connectivity index (χ2n) is 8.96. The average molecular weight is 406 g/mol. The van der Waals surface area contributed by atoms with E-state index in [0.717, 1.165) is 19.3 Å². The molecule has 2 amide bonds. The van der Waals surface area contributed by atoms with Crippen molar-refractivity contribution in [3.05, 3.63) is 24.3 Å². The maximum atomic E-state index is 13.1. The molecule has 0 aromatic heterocycles. The van der Waals surface area contributed by atoms with Gasteiger partial charge >= 0.3 is 0 Å². The minimum atomic E-state index is -3.85. The van der Waals surface area contributed by atoms with Crippen LogP contribution in [0.2, 0.25) is 0 Å². The average Bonchev–Trinajstić information content (AvgIpc) is 2.60. The number of primary sulfonamides is 1. The van der Waals surface area contributed by atoms with Crippen LogP contribution in [-0.4, -0.2) is 26.3 Å². The van der Waals surface area contributed by atoms with Crippen molar-refractivity contribution >= 4 is 27.5 Å². The third kappa shape index (κ3) is 3.67. The van der Waals surface area contributed by atoms with Crippen LogP contribution < -0.4 is 15.8 Å². The molecule has 4 fully saturated rings. The Kier molecular flexibility index (Phi) is 4.74. The molecule has 1 aromatic rings. The van der Waals surface area contributed by atoms with E-state index < -0.39 is 16.1 Å². The first-order chi connectivity index (χ1) is 13.1. The molecule has 152 valence electrons. The summed E-state index contributed by atoms with van der Waals surface area (Å²) in [5.74, 6) is 1.57. The second kappa shape index (κ2) is 6.84. The Morgan fingerprint density at radius 2 is 1.68 bits per heavy atom. The lowest BCUT2D eigenvalue weighted by Gasteiger charge is -2.55. The molecule has 5 rings (SSSR count). The molecule has 0 radical (unpaired) electrons. The van der Waals surface area contributed by atoms with Crippen molar-refractivity contribution in [2.75, 3.05) is 5.32 Å². The quantitative estimate of drug-likeness (QED) is 0.694. The fourth-order valence-electron chi connectivity index (χ4n) is 5.81. The number of rotatable bonds is 5. The number of hydrogen-bond acceptors (Lipinski definition) is 4. The fraction of sp³-hybridized carbons (Fsp3) is 0.600. The number of amides is 2. The molecule has 4 bridgehead atoms. The van der Waals surface area contributed by atoms with Gasteiger partial charge in [-0.1, -0.05) is 6.07 Å². The van der Waals surface area contributed by atoms with E-state index in [9.17, 15) is 18.0 Å². The summed E-state index contributed by atoms with van der Waals surface area (Å²) in [6.07, 6.45) is 6.58. The Morgan fingerprint density at radius 3 is 2.21 bits per heavy atom. The van der Waals surface area contributed by atoms with E-state index in [-0.39, 0.29) is 22.1 Å². The van der Waals surface area contributed by atoms with Gasteiger partial charge in [0.15, 0.2) is 0 Å². The molecule has 0 unspecified atom stereocenters. The van der Waals surface area contributed by atoms with Gasteiger partial charge in [-0.2, -0.15) is 0 Å². The lowest BCUT2D eigenvalue weighted by molar-refractivity contribution is -0.147. The van der Waals surface area contributed by atoms with Gasteiger partial charge in [0.25, 0.3) is 0 Å². The Balaban J connectivity index is 1.40. The van der Waals surface area contributed by atoms with Crippen LogP contribution in [0.3, 0.4) is 0 Å². The second-order valence-corrected chi connectivity index (χ2v) is 10.5. The largest absolute Gasteiger partial charge is 0.344 e. The molecule has 0 saturated heterocycles. The van der Waals surface area contributed by atoms with Crippen molar-refractivity contribution in [1.82, 2.24) is 5.32 Å². The van der Waals surface area contributed by atoms with E-state index in [4.69, 9.17) is 5.14 Å². The molecular weight excluding hydrogens is 378 g/mol. The predicted molar refractivity (Wildman–Crippen MR) is 105 cm³/mol. The van der Waals surface area contributed by atoms with E-state index >= 15 is 0 Å². The number of sulfonamides is 1. The highest BCUT2D eigenvalue weighted by atomic mass is 32.2. The van der Waals surface area contributed by atoms with Crippen molar-refractivity contribution in [2.24, 2.45) is 28.3 Å². The molecular formula is C20H27N3O4S. The van der Waals surface area contributed by atoms with Gasteiger partial charge in [-0.15, -0.1) is 0 Å². The molecule has 1 aromatic carbocycles. The molecule has 8 heteroatoms. The van der Waals surface area contributed by atoms with Crippen molar-refractivity contribution < 1.29 is 18.0 Å². The number of nitrogens with two attached hydrogens (primary N) is 1. The minimum Gasteiger partial charge on any atom is -0.344 e. The van der Waals surface area contributed by atoms with Gasteiger partial charge in [0.05, 0.1) is 4.90 Å². The first-order valence-electron chi connectivity index (χ1n) is 9.89. The normalized spacial score (nSPS) is 32.0. The molecule has 0 spiro atoms. The predicted octanol–water partition coefficient (Wildman–Crippen LogP) is 1.99. The Labute approximate surface area is 165 Å². The number of benzene rings is 1. The van der Waals surface area contributed by atoms with Crippen LogP contribution in [0.1, 0.15) is 45.4 Å². The molecule has 4 N–H and O–H groups in total. The molecule has 0 aliphatic heterocycles. The summed E-state index contributed by atoms with van der Waals surface area (Å²) in [5, 5.41) is 10.7. The number of hydrogen-bond donors (Lipinski definition) is 3. The number of nitrogens with one attached hydrogen (secondary N) is 2. The molecule has 0 heterocycles. The van der Waals surface area contributed by atoms with Gasteiger partial charge in [-0.05, 0) is 81.4 Å². The molecule has 1 atom stereocenters. The molecule has 4 aliphatic rings. The third-order valence-electron chi connectivity index (χ3n) is 6.69. The van der Waals surface area contributed by atoms with E-state index in [1.54, 1.807) is 13.0 Å². The molecule has 4 aliphatic carbocycles. The first kappa shape index (κ1) is 19.4. The minimum absolute atomic E-state index is 0.00691. The summed E-state index contributed by atoms with van der Waals surface area (Å²) in [4.78, 5) is 25.5. The Bertz CT molecular complexity index is 876. The molecule has 4 saturated carbocycles. The van der Waals surface area contributed by atoms with Crippen molar-refractivity contribution in [3.8, 4) is 0 Å². The maximum Gasteiger partial charge on any atom is 0.246 e. The summed E-state index contributed by atoms with van der Waals surface area (Å²) >= 11 is 0.